The lowest BCUT2D eigenvalue weighted by atomic mass is 9.92. The third-order valence-electron chi connectivity index (χ3n) is 1.95. The molecule has 1 rings (SSSR count). The van der Waals surface area contributed by atoms with Crippen molar-refractivity contribution in [2.24, 2.45) is 0 Å². The second-order valence-electron chi connectivity index (χ2n) is 3.00. The van der Waals surface area contributed by atoms with Gasteiger partial charge < -0.3 is 5.11 Å². The number of carbonyl (C=O) groups is 1. The van der Waals surface area contributed by atoms with E-state index in [1.807, 2.05) is 0 Å². The van der Waals surface area contributed by atoms with E-state index in [0.717, 1.165) is 6.08 Å². The Morgan fingerprint density at radius 1 is 1.42 bits per heavy atom. The molecule has 0 aromatic carbocycles. The number of rotatable bonds is 1. The Morgan fingerprint density at radius 3 is 2.33 bits per heavy atom. The lowest BCUT2D eigenvalue weighted by Crippen LogP contribution is -2.20. The normalized spacial score (nSPS) is 22.0. The van der Waals surface area contributed by atoms with Gasteiger partial charge in [-0.3, -0.25) is 0 Å². The highest BCUT2D eigenvalue weighted by atomic mass is 19.3. The molecule has 0 atom stereocenters. The first-order valence-corrected chi connectivity index (χ1v) is 3.80. The van der Waals surface area contributed by atoms with Gasteiger partial charge in [-0.25, -0.2) is 13.6 Å². The highest BCUT2D eigenvalue weighted by Crippen LogP contribution is 2.35. The fourth-order valence-corrected chi connectivity index (χ4v) is 1.26. The molecule has 68 valence electrons. The van der Waals surface area contributed by atoms with E-state index in [2.05, 4.69) is 0 Å². The molecule has 1 aliphatic carbocycles. The zero-order valence-corrected chi connectivity index (χ0v) is 6.52. The van der Waals surface area contributed by atoms with Gasteiger partial charge in [0.2, 0.25) is 5.92 Å². The summed E-state index contributed by atoms with van der Waals surface area (Å²) in [4.78, 5) is 10.2. The Hall–Kier alpha value is -0.930. The highest BCUT2D eigenvalue weighted by Gasteiger charge is 2.32. The van der Waals surface area contributed by atoms with Crippen LogP contribution >= 0.6 is 0 Å². The average Bonchev–Trinajstić information content (AvgIpc) is 1.93. The molecule has 1 N–H and O–H groups in total. The molecule has 1 saturated carbocycles. The molecular weight excluding hydrogens is 166 g/mol. The topological polar surface area (TPSA) is 37.3 Å². The van der Waals surface area contributed by atoms with E-state index < -0.39 is 11.9 Å². The zero-order chi connectivity index (χ0) is 9.19. The number of alkyl halides is 2. The minimum atomic E-state index is -2.59. The monoisotopic (exact) mass is 176 g/mol. The summed E-state index contributed by atoms with van der Waals surface area (Å²) >= 11 is 0. The number of carboxylic acid groups (broad SMARTS) is 1. The lowest BCUT2D eigenvalue weighted by Gasteiger charge is -2.22. The highest BCUT2D eigenvalue weighted by molar-refractivity contribution is 5.80. The summed E-state index contributed by atoms with van der Waals surface area (Å²) in [6.07, 6.45) is 1.02. The Labute approximate surface area is 68.9 Å². The summed E-state index contributed by atoms with van der Waals surface area (Å²) in [6, 6.07) is 0. The van der Waals surface area contributed by atoms with Crippen LogP contribution in [-0.2, 0) is 4.79 Å². The van der Waals surface area contributed by atoms with Crippen molar-refractivity contribution in [3.8, 4) is 0 Å². The predicted octanol–water partition coefficient (Wildman–Crippen LogP) is 2.21. The van der Waals surface area contributed by atoms with Crippen LogP contribution in [0.5, 0.6) is 0 Å². The van der Waals surface area contributed by atoms with E-state index >= 15 is 0 Å². The first-order valence-electron chi connectivity index (χ1n) is 3.80. The zero-order valence-electron chi connectivity index (χ0n) is 6.52. The SMILES string of the molecule is O=C(O)C=C1CCC(F)(F)CC1. The quantitative estimate of drug-likeness (QED) is 0.622. The molecule has 0 aromatic rings. The van der Waals surface area contributed by atoms with E-state index in [1.165, 1.54) is 0 Å². The number of allylic oxidation sites excluding steroid dienone is 1. The summed E-state index contributed by atoms with van der Waals surface area (Å²) in [7, 11) is 0. The molecule has 0 aliphatic heterocycles. The van der Waals surface area contributed by atoms with Crippen molar-refractivity contribution in [2.75, 3.05) is 0 Å². The summed E-state index contributed by atoms with van der Waals surface area (Å²) < 4.78 is 25.1. The molecule has 0 aromatic heterocycles. The molecule has 4 heteroatoms. The van der Waals surface area contributed by atoms with Gasteiger partial charge in [-0.2, -0.15) is 0 Å². The molecule has 2 nitrogen and oxygen atoms in total. The van der Waals surface area contributed by atoms with Gasteiger partial charge in [0.05, 0.1) is 0 Å². The summed E-state index contributed by atoms with van der Waals surface area (Å²) in [5, 5.41) is 8.33. The standard InChI is InChI=1S/C8H10F2O2/c9-8(10)3-1-6(2-4-8)5-7(11)12/h5H,1-4H2,(H,11,12). The van der Waals surface area contributed by atoms with Gasteiger partial charge in [0.25, 0.3) is 0 Å². The smallest absolute Gasteiger partial charge is 0.328 e. The van der Waals surface area contributed by atoms with E-state index in [0.29, 0.717) is 5.57 Å². The van der Waals surface area contributed by atoms with E-state index in [1.54, 1.807) is 0 Å². The molecule has 0 spiro atoms. The van der Waals surface area contributed by atoms with Crippen molar-refractivity contribution in [3.05, 3.63) is 11.6 Å². The van der Waals surface area contributed by atoms with E-state index in [-0.39, 0.29) is 25.7 Å². The molecule has 12 heavy (non-hydrogen) atoms. The van der Waals surface area contributed by atoms with Crippen LogP contribution in [0.3, 0.4) is 0 Å². The Bertz CT molecular complexity index is 209. The van der Waals surface area contributed by atoms with E-state index in [4.69, 9.17) is 5.11 Å². The van der Waals surface area contributed by atoms with Crippen LogP contribution in [0.2, 0.25) is 0 Å². The first kappa shape index (κ1) is 9.16. The lowest BCUT2D eigenvalue weighted by molar-refractivity contribution is -0.131. The van der Waals surface area contributed by atoms with Crippen molar-refractivity contribution in [1.29, 1.82) is 0 Å². The Morgan fingerprint density at radius 2 is 1.92 bits per heavy atom. The molecule has 0 bridgehead atoms. The van der Waals surface area contributed by atoms with Crippen LogP contribution in [0.4, 0.5) is 8.78 Å². The van der Waals surface area contributed by atoms with Crippen LogP contribution in [0.15, 0.2) is 11.6 Å². The summed E-state index contributed by atoms with van der Waals surface area (Å²) in [5.74, 6) is -3.63. The molecule has 1 aliphatic rings. The minimum Gasteiger partial charge on any atom is -0.478 e. The van der Waals surface area contributed by atoms with Crippen molar-refractivity contribution < 1.29 is 18.7 Å². The maximum Gasteiger partial charge on any atom is 0.328 e. The fourth-order valence-electron chi connectivity index (χ4n) is 1.26. The van der Waals surface area contributed by atoms with Gasteiger partial charge in [0.1, 0.15) is 0 Å². The van der Waals surface area contributed by atoms with Crippen molar-refractivity contribution in [1.82, 2.24) is 0 Å². The maximum atomic E-state index is 12.5. The van der Waals surface area contributed by atoms with Crippen LogP contribution < -0.4 is 0 Å². The van der Waals surface area contributed by atoms with Crippen molar-refractivity contribution in [2.45, 2.75) is 31.6 Å². The van der Waals surface area contributed by atoms with Crippen LogP contribution in [-0.4, -0.2) is 17.0 Å². The van der Waals surface area contributed by atoms with Crippen LogP contribution in [0.25, 0.3) is 0 Å². The van der Waals surface area contributed by atoms with Crippen LogP contribution in [0, 0.1) is 0 Å². The molecule has 1 fully saturated rings. The van der Waals surface area contributed by atoms with Gasteiger partial charge in [-0.05, 0) is 12.8 Å². The fraction of sp³-hybridized carbons (Fsp3) is 0.625. The van der Waals surface area contributed by atoms with Crippen LogP contribution in [0.1, 0.15) is 25.7 Å². The second-order valence-corrected chi connectivity index (χ2v) is 3.00. The van der Waals surface area contributed by atoms with Gasteiger partial charge in [-0.15, -0.1) is 0 Å². The third-order valence-corrected chi connectivity index (χ3v) is 1.95. The number of aliphatic carboxylic acids is 1. The predicted molar refractivity (Wildman–Crippen MR) is 39.1 cm³/mol. The summed E-state index contributed by atoms with van der Waals surface area (Å²) in [5.41, 5.74) is 0.619. The first-order chi connectivity index (χ1) is 5.49. The number of halogens is 2. The van der Waals surface area contributed by atoms with Gasteiger partial charge in [-0.1, -0.05) is 5.57 Å². The van der Waals surface area contributed by atoms with Crippen molar-refractivity contribution in [3.63, 3.8) is 0 Å². The van der Waals surface area contributed by atoms with Gasteiger partial charge >= 0.3 is 5.97 Å². The molecule has 0 heterocycles. The molecule has 0 amide bonds. The molecule has 0 radical (unpaired) electrons. The third kappa shape index (κ3) is 2.60. The largest absolute Gasteiger partial charge is 0.478 e. The maximum absolute atomic E-state index is 12.5. The Kier molecular flexibility index (Phi) is 2.45. The molecule has 0 saturated heterocycles. The summed E-state index contributed by atoms with van der Waals surface area (Å²) in [6.45, 7) is 0. The van der Waals surface area contributed by atoms with Gasteiger partial charge in [0.15, 0.2) is 0 Å². The van der Waals surface area contributed by atoms with Crippen molar-refractivity contribution >= 4 is 5.97 Å². The Balaban J connectivity index is 2.52. The number of hydrogen-bond donors (Lipinski definition) is 1. The number of carboxylic acids is 1. The molecular formula is C8H10F2O2. The second kappa shape index (κ2) is 3.21. The minimum absolute atomic E-state index is 0.208. The number of hydrogen-bond acceptors (Lipinski definition) is 1. The van der Waals surface area contributed by atoms with E-state index in [9.17, 15) is 13.6 Å². The average molecular weight is 176 g/mol. The molecule has 0 unspecified atom stereocenters. The van der Waals surface area contributed by atoms with Gasteiger partial charge in [0, 0.05) is 18.9 Å².